The highest BCUT2D eigenvalue weighted by atomic mass is 16.5. The molecule has 1 N–H and O–H groups in total. The zero-order valence-electron chi connectivity index (χ0n) is 17.2. The van der Waals surface area contributed by atoms with Crippen LogP contribution in [0.5, 0.6) is 17.2 Å². The fraction of sp³-hybridized carbons (Fsp3) is 0.348. The second kappa shape index (κ2) is 9.37. The Morgan fingerprint density at radius 1 is 1.03 bits per heavy atom. The van der Waals surface area contributed by atoms with Gasteiger partial charge >= 0.3 is 0 Å². The Labute approximate surface area is 172 Å². The molecule has 0 atom stereocenters. The predicted octanol–water partition coefficient (Wildman–Crippen LogP) is 3.55. The Hall–Kier alpha value is -3.15. The van der Waals surface area contributed by atoms with Crippen molar-refractivity contribution in [1.29, 1.82) is 0 Å². The maximum Gasteiger partial charge on any atom is 0.246 e. The van der Waals surface area contributed by atoms with Crippen molar-refractivity contribution in [2.24, 2.45) is 0 Å². The maximum absolute atomic E-state index is 12.6. The number of ether oxygens (including phenoxy) is 2. The number of carbonyl (C=O) groups excluding carboxylic acids is 1. The van der Waals surface area contributed by atoms with Gasteiger partial charge in [-0.05, 0) is 61.9 Å². The van der Waals surface area contributed by atoms with Gasteiger partial charge in [0, 0.05) is 37.9 Å². The van der Waals surface area contributed by atoms with Crippen LogP contribution in [0.4, 0.5) is 5.69 Å². The van der Waals surface area contributed by atoms with Crippen molar-refractivity contribution in [3.63, 3.8) is 0 Å². The van der Waals surface area contributed by atoms with Gasteiger partial charge in [-0.15, -0.1) is 0 Å². The van der Waals surface area contributed by atoms with Gasteiger partial charge < -0.3 is 24.4 Å². The number of benzene rings is 2. The number of phenolic OH excluding ortho intramolecular Hbond substituents is 1. The highest BCUT2D eigenvalue weighted by Gasteiger charge is 2.19. The summed E-state index contributed by atoms with van der Waals surface area (Å²) < 4.78 is 11.1. The first-order chi connectivity index (χ1) is 14.0. The largest absolute Gasteiger partial charge is 0.508 e. The number of hydrogen-bond acceptors (Lipinski definition) is 5. The number of hydrogen-bond donors (Lipinski definition) is 1. The summed E-state index contributed by atoms with van der Waals surface area (Å²) in [6.07, 6.45) is 3.47. The van der Waals surface area contributed by atoms with E-state index in [9.17, 15) is 9.90 Å². The first-order valence-electron chi connectivity index (χ1n) is 9.82. The second-order valence-corrected chi connectivity index (χ2v) is 7.24. The van der Waals surface area contributed by atoms with Gasteiger partial charge in [0.05, 0.1) is 13.2 Å². The van der Waals surface area contributed by atoms with E-state index in [1.807, 2.05) is 49.1 Å². The molecular formula is C23H28N2O4. The van der Waals surface area contributed by atoms with Crippen molar-refractivity contribution in [3.05, 3.63) is 54.1 Å². The molecule has 0 radical (unpaired) electrons. The molecule has 0 bridgehead atoms. The third-order valence-electron chi connectivity index (χ3n) is 4.77. The molecule has 154 valence electrons. The molecule has 0 spiro atoms. The molecule has 6 nitrogen and oxygen atoms in total. The average Bonchev–Trinajstić information content (AvgIpc) is 2.73. The lowest BCUT2D eigenvalue weighted by Crippen LogP contribution is -2.48. The van der Waals surface area contributed by atoms with Crippen LogP contribution in [0.15, 0.2) is 48.5 Å². The molecule has 0 aromatic heterocycles. The van der Waals surface area contributed by atoms with E-state index < -0.39 is 0 Å². The highest BCUT2D eigenvalue weighted by Crippen LogP contribution is 2.29. The molecule has 1 heterocycles. The molecule has 0 unspecified atom stereocenters. The predicted molar refractivity (Wildman–Crippen MR) is 115 cm³/mol. The number of carbonyl (C=O) groups is 1. The van der Waals surface area contributed by atoms with Crippen LogP contribution < -0.4 is 14.4 Å². The molecule has 29 heavy (non-hydrogen) atoms. The van der Waals surface area contributed by atoms with E-state index in [4.69, 9.17) is 9.47 Å². The van der Waals surface area contributed by atoms with Gasteiger partial charge in [-0.25, -0.2) is 0 Å². The molecule has 1 amide bonds. The maximum atomic E-state index is 12.6. The quantitative estimate of drug-likeness (QED) is 0.757. The van der Waals surface area contributed by atoms with Gasteiger partial charge in [0.1, 0.15) is 5.75 Å². The van der Waals surface area contributed by atoms with Crippen LogP contribution in [-0.4, -0.2) is 55.3 Å². The first-order valence-corrected chi connectivity index (χ1v) is 9.82. The van der Waals surface area contributed by atoms with Crippen LogP contribution in [0.1, 0.15) is 19.4 Å². The Balaban J connectivity index is 1.58. The molecule has 3 rings (SSSR count). The van der Waals surface area contributed by atoms with Crippen LogP contribution in [0, 0.1) is 0 Å². The zero-order valence-corrected chi connectivity index (χ0v) is 17.2. The number of amides is 1. The molecule has 1 aliphatic heterocycles. The van der Waals surface area contributed by atoms with Crippen LogP contribution in [-0.2, 0) is 4.79 Å². The normalized spacial score (nSPS) is 14.5. The Morgan fingerprint density at radius 3 is 2.34 bits per heavy atom. The molecule has 6 heteroatoms. The van der Waals surface area contributed by atoms with E-state index in [2.05, 4.69) is 4.90 Å². The molecular weight excluding hydrogens is 368 g/mol. The summed E-state index contributed by atoms with van der Waals surface area (Å²) in [4.78, 5) is 16.6. The van der Waals surface area contributed by atoms with E-state index in [-0.39, 0.29) is 17.8 Å². The van der Waals surface area contributed by atoms with Crippen LogP contribution in [0.25, 0.3) is 6.08 Å². The minimum atomic E-state index is -0.00294. The monoisotopic (exact) mass is 396 g/mol. The minimum Gasteiger partial charge on any atom is -0.508 e. The minimum absolute atomic E-state index is 0.00294. The van der Waals surface area contributed by atoms with Crippen molar-refractivity contribution in [1.82, 2.24) is 4.90 Å². The lowest BCUT2D eigenvalue weighted by molar-refractivity contribution is -0.126. The molecule has 1 saturated heterocycles. The number of rotatable bonds is 6. The van der Waals surface area contributed by atoms with Crippen LogP contribution in [0.3, 0.4) is 0 Å². The topological polar surface area (TPSA) is 62.2 Å². The number of phenols is 1. The summed E-state index contributed by atoms with van der Waals surface area (Å²) in [5, 5.41) is 9.42. The summed E-state index contributed by atoms with van der Waals surface area (Å²) in [6, 6.07) is 12.8. The number of piperazine rings is 1. The van der Waals surface area contributed by atoms with Crippen molar-refractivity contribution in [2.45, 2.75) is 20.0 Å². The van der Waals surface area contributed by atoms with Crippen molar-refractivity contribution >= 4 is 17.7 Å². The molecule has 0 aliphatic carbocycles. The summed E-state index contributed by atoms with van der Waals surface area (Å²) in [5.74, 6) is 1.59. The summed E-state index contributed by atoms with van der Waals surface area (Å²) in [7, 11) is 1.61. The standard InChI is InChI=1S/C23H28N2O4/c1-17(2)29-21-10-4-18(16-22(21)28-3)5-11-23(27)25-14-12-24(13-15-25)19-6-8-20(26)9-7-19/h4-11,16-17,26H,12-15H2,1-3H3/b11-5+. The Morgan fingerprint density at radius 2 is 1.72 bits per heavy atom. The molecule has 1 aliphatic rings. The Kier molecular flexibility index (Phi) is 6.65. The van der Waals surface area contributed by atoms with Crippen LogP contribution >= 0.6 is 0 Å². The molecule has 0 saturated carbocycles. The van der Waals surface area contributed by atoms with Crippen molar-refractivity contribution < 1.29 is 19.4 Å². The smallest absolute Gasteiger partial charge is 0.246 e. The molecule has 1 fully saturated rings. The van der Waals surface area contributed by atoms with Crippen molar-refractivity contribution in [3.8, 4) is 17.2 Å². The highest BCUT2D eigenvalue weighted by molar-refractivity contribution is 5.92. The van der Waals surface area contributed by atoms with Gasteiger partial charge in [-0.2, -0.15) is 0 Å². The first kappa shape index (κ1) is 20.6. The number of nitrogens with zero attached hydrogens (tertiary/aromatic N) is 2. The lowest BCUT2D eigenvalue weighted by Gasteiger charge is -2.35. The number of aromatic hydroxyl groups is 1. The van der Waals surface area contributed by atoms with E-state index >= 15 is 0 Å². The van der Waals surface area contributed by atoms with Gasteiger partial charge in [0.25, 0.3) is 0 Å². The van der Waals surface area contributed by atoms with Gasteiger partial charge in [0.15, 0.2) is 11.5 Å². The van der Waals surface area contributed by atoms with Gasteiger partial charge in [0.2, 0.25) is 5.91 Å². The summed E-state index contributed by atoms with van der Waals surface area (Å²) in [6.45, 7) is 6.78. The zero-order chi connectivity index (χ0) is 20.8. The fourth-order valence-electron chi connectivity index (χ4n) is 3.26. The third-order valence-corrected chi connectivity index (χ3v) is 4.77. The fourth-order valence-corrected chi connectivity index (χ4v) is 3.26. The third kappa shape index (κ3) is 5.44. The van der Waals surface area contributed by atoms with E-state index in [1.165, 1.54) is 0 Å². The summed E-state index contributed by atoms with van der Waals surface area (Å²) >= 11 is 0. The molecule has 2 aromatic carbocycles. The summed E-state index contributed by atoms with van der Waals surface area (Å²) in [5.41, 5.74) is 1.94. The van der Waals surface area contributed by atoms with Crippen molar-refractivity contribution in [2.75, 3.05) is 38.2 Å². The Bertz CT molecular complexity index is 854. The second-order valence-electron chi connectivity index (χ2n) is 7.24. The van der Waals surface area contributed by atoms with Gasteiger partial charge in [-0.3, -0.25) is 4.79 Å². The van der Waals surface area contributed by atoms with E-state index in [0.717, 1.165) is 24.3 Å². The van der Waals surface area contributed by atoms with Crippen LogP contribution in [0.2, 0.25) is 0 Å². The SMILES string of the molecule is COc1cc(/C=C/C(=O)N2CCN(c3ccc(O)cc3)CC2)ccc1OC(C)C. The number of methoxy groups -OCH3 is 1. The number of anilines is 1. The average molecular weight is 396 g/mol. The van der Waals surface area contributed by atoms with E-state index in [0.29, 0.717) is 24.6 Å². The van der Waals surface area contributed by atoms with E-state index in [1.54, 1.807) is 31.4 Å². The molecule has 2 aromatic rings. The lowest BCUT2D eigenvalue weighted by atomic mass is 10.1. The van der Waals surface area contributed by atoms with Gasteiger partial charge in [-0.1, -0.05) is 6.07 Å².